The van der Waals surface area contributed by atoms with Gasteiger partial charge < -0.3 is 5.32 Å². The number of carbonyl (C=O) groups excluding carboxylic acids is 1. The first kappa shape index (κ1) is 15.4. The molecule has 3 aromatic rings. The number of nitrogens with one attached hydrogen (secondary N) is 1. The third-order valence-electron chi connectivity index (χ3n) is 3.26. The summed E-state index contributed by atoms with van der Waals surface area (Å²) in [5, 5.41) is 6.97. The maximum atomic E-state index is 12.9. The molecule has 1 amide bonds. The molecular weight excluding hydrogens is 361 g/mol. The SMILES string of the molecule is O=C(Nc1cnn(Cc2ccc(Br)cc2)c1)c1ccc(F)cc1. The Morgan fingerprint density at radius 1 is 1.13 bits per heavy atom. The van der Waals surface area contributed by atoms with Crippen LogP contribution in [0.5, 0.6) is 0 Å². The number of amides is 1. The van der Waals surface area contributed by atoms with Crippen molar-refractivity contribution >= 4 is 27.5 Å². The molecule has 2 aromatic carbocycles. The number of hydrogen-bond donors (Lipinski definition) is 1. The first-order chi connectivity index (χ1) is 11.1. The lowest BCUT2D eigenvalue weighted by Crippen LogP contribution is -2.11. The minimum atomic E-state index is -0.371. The summed E-state index contributed by atoms with van der Waals surface area (Å²) in [6, 6.07) is 13.3. The van der Waals surface area contributed by atoms with Gasteiger partial charge in [0.25, 0.3) is 5.91 Å². The Bertz CT molecular complexity index is 813. The van der Waals surface area contributed by atoms with Crippen LogP contribution in [0.4, 0.5) is 10.1 Å². The molecule has 0 saturated carbocycles. The third kappa shape index (κ3) is 4.04. The number of carbonyl (C=O) groups is 1. The Labute approximate surface area is 141 Å². The van der Waals surface area contributed by atoms with Crippen molar-refractivity contribution in [3.05, 3.63) is 82.3 Å². The first-order valence-electron chi connectivity index (χ1n) is 6.94. The molecule has 23 heavy (non-hydrogen) atoms. The number of benzene rings is 2. The average molecular weight is 374 g/mol. The normalized spacial score (nSPS) is 10.5. The van der Waals surface area contributed by atoms with Crippen molar-refractivity contribution in [1.29, 1.82) is 0 Å². The standard InChI is InChI=1S/C17H13BrFN3O/c18-14-5-1-12(2-6-14)10-22-11-16(9-20-22)21-17(23)13-3-7-15(19)8-4-13/h1-9,11H,10H2,(H,21,23). The largest absolute Gasteiger partial charge is 0.319 e. The Kier molecular flexibility index (Phi) is 4.52. The van der Waals surface area contributed by atoms with Gasteiger partial charge in [-0.15, -0.1) is 0 Å². The highest BCUT2D eigenvalue weighted by molar-refractivity contribution is 9.10. The van der Waals surface area contributed by atoms with Crippen molar-refractivity contribution in [2.75, 3.05) is 5.32 Å². The van der Waals surface area contributed by atoms with Crippen LogP contribution < -0.4 is 5.32 Å². The molecule has 0 aliphatic carbocycles. The van der Waals surface area contributed by atoms with E-state index in [0.29, 0.717) is 17.8 Å². The second-order valence-electron chi connectivity index (χ2n) is 5.01. The van der Waals surface area contributed by atoms with E-state index in [0.717, 1.165) is 10.0 Å². The number of nitrogens with zero attached hydrogens (tertiary/aromatic N) is 2. The zero-order valence-electron chi connectivity index (χ0n) is 12.0. The molecule has 6 heteroatoms. The van der Waals surface area contributed by atoms with E-state index >= 15 is 0 Å². The number of rotatable bonds is 4. The van der Waals surface area contributed by atoms with Crippen LogP contribution in [0.3, 0.4) is 0 Å². The summed E-state index contributed by atoms with van der Waals surface area (Å²) < 4.78 is 15.6. The molecule has 0 spiro atoms. The van der Waals surface area contributed by atoms with Crippen LogP contribution >= 0.6 is 15.9 Å². The molecule has 0 aliphatic rings. The Morgan fingerprint density at radius 2 is 1.83 bits per heavy atom. The summed E-state index contributed by atoms with van der Waals surface area (Å²) in [6.07, 6.45) is 3.34. The Morgan fingerprint density at radius 3 is 2.52 bits per heavy atom. The van der Waals surface area contributed by atoms with Gasteiger partial charge >= 0.3 is 0 Å². The highest BCUT2D eigenvalue weighted by atomic mass is 79.9. The highest BCUT2D eigenvalue weighted by Crippen LogP contribution is 2.13. The lowest BCUT2D eigenvalue weighted by Gasteiger charge is -2.03. The molecule has 0 unspecified atom stereocenters. The van der Waals surface area contributed by atoms with E-state index in [1.54, 1.807) is 17.1 Å². The van der Waals surface area contributed by atoms with Crippen molar-refractivity contribution in [2.24, 2.45) is 0 Å². The van der Waals surface area contributed by atoms with E-state index in [1.807, 2.05) is 24.3 Å². The molecule has 4 nitrogen and oxygen atoms in total. The van der Waals surface area contributed by atoms with Crippen molar-refractivity contribution < 1.29 is 9.18 Å². The average Bonchev–Trinajstić information content (AvgIpc) is 2.97. The van der Waals surface area contributed by atoms with Gasteiger partial charge in [-0.2, -0.15) is 5.10 Å². The van der Waals surface area contributed by atoms with Crippen LogP contribution in [-0.4, -0.2) is 15.7 Å². The molecule has 0 radical (unpaired) electrons. The molecule has 0 atom stereocenters. The molecule has 116 valence electrons. The van der Waals surface area contributed by atoms with Gasteiger partial charge in [0.2, 0.25) is 0 Å². The minimum Gasteiger partial charge on any atom is -0.319 e. The van der Waals surface area contributed by atoms with Gasteiger partial charge in [0, 0.05) is 16.2 Å². The minimum absolute atomic E-state index is 0.298. The number of aromatic nitrogens is 2. The smallest absolute Gasteiger partial charge is 0.255 e. The summed E-state index contributed by atoms with van der Waals surface area (Å²) >= 11 is 3.40. The van der Waals surface area contributed by atoms with Crippen molar-refractivity contribution in [3.63, 3.8) is 0 Å². The Balaban J connectivity index is 1.66. The van der Waals surface area contributed by atoms with Crippen LogP contribution in [0.1, 0.15) is 15.9 Å². The summed E-state index contributed by atoms with van der Waals surface area (Å²) in [4.78, 5) is 12.1. The van der Waals surface area contributed by atoms with Crippen molar-refractivity contribution in [3.8, 4) is 0 Å². The lowest BCUT2D eigenvalue weighted by atomic mass is 10.2. The van der Waals surface area contributed by atoms with E-state index in [-0.39, 0.29) is 11.7 Å². The third-order valence-corrected chi connectivity index (χ3v) is 3.78. The summed E-state index contributed by atoms with van der Waals surface area (Å²) in [5.41, 5.74) is 2.09. The highest BCUT2D eigenvalue weighted by Gasteiger charge is 2.08. The Hall–Kier alpha value is -2.47. The lowest BCUT2D eigenvalue weighted by molar-refractivity contribution is 0.102. The predicted octanol–water partition coefficient (Wildman–Crippen LogP) is 4.09. The zero-order chi connectivity index (χ0) is 16.2. The second kappa shape index (κ2) is 6.75. The summed E-state index contributed by atoms with van der Waals surface area (Å²) in [7, 11) is 0. The fraction of sp³-hybridized carbons (Fsp3) is 0.0588. The molecule has 0 aliphatic heterocycles. The van der Waals surface area contributed by atoms with Crippen molar-refractivity contribution in [1.82, 2.24) is 9.78 Å². The van der Waals surface area contributed by atoms with E-state index in [2.05, 4.69) is 26.3 Å². The van der Waals surface area contributed by atoms with E-state index in [4.69, 9.17) is 0 Å². The number of hydrogen-bond acceptors (Lipinski definition) is 2. The van der Waals surface area contributed by atoms with E-state index in [1.165, 1.54) is 24.3 Å². The van der Waals surface area contributed by atoms with Crippen LogP contribution in [0.15, 0.2) is 65.4 Å². The maximum absolute atomic E-state index is 12.9. The van der Waals surface area contributed by atoms with Gasteiger partial charge in [-0.25, -0.2) is 4.39 Å². The van der Waals surface area contributed by atoms with Crippen LogP contribution in [0.25, 0.3) is 0 Å². The molecular formula is C17H13BrFN3O. The topological polar surface area (TPSA) is 46.9 Å². The van der Waals surface area contributed by atoms with Gasteiger partial charge in [-0.1, -0.05) is 28.1 Å². The number of anilines is 1. The predicted molar refractivity (Wildman–Crippen MR) is 89.8 cm³/mol. The summed E-state index contributed by atoms with van der Waals surface area (Å²) in [5.74, 6) is -0.669. The maximum Gasteiger partial charge on any atom is 0.255 e. The second-order valence-corrected chi connectivity index (χ2v) is 5.93. The molecule has 0 bridgehead atoms. The molecule has 3 rings (SSSR count). The quantitative estimate of drug-likeness (QED) is 0.748. The monoisotopic (exact) mass is 373 g/mol. The fourth-order valence-electron chi connectivity index (χ4n) is 2.10. The van der Waals surface area contributed by atoms with Crippen LogP contribution in [0, 0.1) is 5.82 Å². The van der Waals surface area contributed by atoms with Crippen molar-refractivity contribution in [2.45, 2.75) is 6.54 Å². The van der Waals surface area contributed by atoms with Crippen LogP contribution in [0.2, 0.25) is 0 Å². The zero-order valence-corrected chi connectivity index (χ0v) is 13.6. The molecule has 1 aromatic heterocycles. The van der Waals surface area contributed by atoms with E-state index < -0.39 is 0 Å². The van der Waals surface area contributed by atoms with Gasteiger partial charge in [0.1, 0.15) is 5.82 Å². The van der Waals surface area contributed by atoms with Crippen LogP contribution in [-0.2, 0) is 6.54 Å². The molecule has 0 saturated heterocycles. The first-order valence-corrected chi connectivity index (χ1v) is 7.73. The molecule has 0 fully saturated rings. The van der Waals surface area contributed by atoms with Gasteiger partial charge in [-0.3, -0.25) is 9.48 Å². The molecule has 1 heterocycles. The number of halogens is 2. The van der Waals surface area contributed by atoms with Gasteiger partial charge in [-0.05, 0) is 42.0 Å². The van der Waals surface area contributed by atoms with Gasteiger partial charge in [0.15, 0.2) is 0 Å². The fourth-order valence-corrected chi connectivity index (χ4v) is 2.36. The summed E-state index contributed by atoms with van der Waals surface area (Å²) in [6.45, 7) is 0.611. The van der Waals surface area contributed by atoms with E-state index in [9.17, 15) is 9.18 Å². The van der Waals surface area contributed by atoms with Gasteiger partial charge in [0.05, 0.1) is 18.4 Å². The molecule has 1 N–H and O–H groups in total.